The quantitative estimate of drug-likeness (QED) is 0.365. The SMILES string of the molecule is CCCCO/N=C(\N)N/N=C/c1c(F)cccc1Cl. The summed E-state index contributed by atoms with van der Waals surface area (Å²) in [6.07, 6.45) is 3.13. The third-order valence-electron chi connectivity index (χ3n) is 2.12. The Bertz CT molecular complexity index is 445. The molecule has 0 fully saturated rings. The minimum absolute atomic E-state index is 0.0141. The molecule has 0 aliphatic rings. The van der Waals surface area contributed by atoms with Gasteiger partial charge in [0.25, 0.3) is 5.96 Å². The van der Waals surface area contributed by atoms with Crippen LogP contribution in [0.15, 0.2) is 28.5 Å². The van der Waals surface area contributed by atoms with Gasteiger partial charge in [0.15, 0.2) is 0 Å². The summed E-state index contributed by atoms with van der Waals surface area (Å²) in [6, 6.07) is 4.37. The largest absolute Gasteiger partial charge is 0.393 e. The molecule has 0 radical (unpaired) electrons. The molecule has 19 heavy (non-hydrogen) atoms. The van der Waals surface area contributed by atoms with Gasteiger partial charge in [0.05, 0.1) is 11.2 Å². The number of benzene rings is 1. The number of hydrogen-bond donors (Lipinski definition) is 2. The molecule has 0 aliphatic carbocycles. The highest BCUT2D eigenvalue weighted by molar-refractivity contribution is 6.33. The van der Waals surface area contributed by atoms with Gasteiger partial charge in [-0.2, -0.15) is 5.10 Å². The van der Waals surface area contributed by atoms with Crippen molar-refractivity contribution < 1.29 is 9.23 Å². The molecule has 0 aliphatic heterocycles. The summed E-state index contributed by atoms with van der Waals surface area (Å²) in [5.74, 6) is -0.479. The first-order valence-electron chi connectivity index (χ1n) is 5.83. The fourth-order valence-electron chi connectivity index (χ4n) is 1.14. The van der Waals surface area contributed by atoms with Crippen molar-refractivity contribution in [2.45, 2.75) is 19.8 Å². The maximum Gasteiger partial charge on any atom is 0.251 e. The van der Waals surface area contributed by atoms with Gasteiger partial charge in [0, 0.05) is 5.56 Å². The standard InChI is InChI=1S/C12H16ClFN4O/c1-2-3-7-19-18-12(15)17-16-8-9-10(13)5-4-6-11(9)14/h4-6,8H,2-3,7H2,1H3,(H3,15,17,18)/b16-8+. The third kappa shape index (κ3) is 5.56. The minimum atomic E-state index is -0.465. The lowest BCUT2D eigenvalue weighted by molar-refractivity contribution is 0.139. The molecule has 0 amide bonds. The van der Waals surface area contributed by atoms with Crippen LogP contribution in [0, 0.1) is 5.82 Å². The van der Waals surface area contributed by atoms with Crippen molar-refractivity contribution >= 4 is 23.8 Å². The molecule has 0 heterocycles. The minimum Gasteiger partial charge on any atom is -0.393 e. The topological polar surface area (TPSA) is 72.0 Å². The number of nitrogens with one attached hydrogen (secondary N) is 1. The van der Waals surface area contributed by atoms with Crippen molar-refractivity contribution in [2.24, 2.45) is 16.0 Å². The zero-order valence-corrected chi connectivity index (χ0v) is 11.3. The number of hydrogen-bond acceptors (Lipinski definition) is 3. The lowest BCUT2D eigenvalue weighted by Crippen LogP contribution is -2.27. The fourth-order valence-corrected chi connectivity index (χ4v) is 1.35. The highest BCUT2D eigenvalue weighted by Crippen LogP contribution is 2.16. The van der Waals surface area contributed by atoms with E-state index in [1.54, 1.807) is 6.07 Å². The van der Waals surface area contributed by atoms with Crippen LogP contribution in [0.3, 0.4) is 0 Å². The summed E-state index contributed by atoms with van der Waals surface area (Å²) in [4.78, 5) is 4.91. The third-order valence-corrected chi connectivity index (χ3v) is 2.45. The molecule has 0 saturated carbocycles. The Morgan fingerprint density at radius 1 is 1.58 bits per heavy atom. The normalized spacial score (nSPS) is 11.8. The highest BCUT2D eigenvalue weighted by Gasteiger charge is 2.03. The maximum absolute atomic E-state index is 13.4. The first kappa shape index (κ1) is 15.2. The number of nitrogens with two attached hydrogens (primary N) is 1. The molecule has 1 aromatic carbocycles. The summed E-state index contributed by atoms with van der Waals surface area (Å²) in [5.41, 5.74) is 8.06. The molecule has 3 N–H and O–H groups in total. The van der Waals surface area contributed by atoms with Crippen LogP contribution in [-0.4, -0.2) is 18.8 Å². The summed E-state index contributed by atoms with van der Waals surface area (Å²) in [7, 11) is 0. The van der Waals surface area contributed by atoms with E-state index in [1.165, 1.54) is 18.3 Å². The Morgan fingerprint density at radius 2 is 2.37 bits per heavy atom. The number of oxime groups is 1. The van der Waals surface area contributed by atoms with E-state index in [1.807, 2.05) is 6.92 Å². The predicted octanol–water partition coefficient (Wildman–Crippen LogP) is 2.45. The van der Waals surface area contributed by atoms with Gasteiger partial charge < -0.3 is 10.6 Å². The van der Waals surface area contributed by atoms with E-state index in [0.29, 0.717) is 6.61 Å². The molecule has 0 aromatic heterocycles. The Labute approximate surface area is 116 Å². The van der Waals surface area contributed by atoms with Crippen LogP contribution in [0.1, 0.15) is 25.3 Å². The second-order valence-electron chi connectivity index (χ2n) is 3.67. The van der Waals surface area contributed by atoms with Gasteiger partial charge in [0.1, 0.15) is 12.4 Å². The molecule has 1 aromatic rings. The van der Waals surface area contributed by atoms with Gasteiger partial charge in [-0.25, -0.2) is 9.82 Å². The van der Waals surface area contributed by atoms with Crippen molar-refractivity contribution in [3.8, 4) is 0 Å². The van der Waals surface area contributed by atoms with E-state index in [2.05, 4.69) is 15.7 Å². The Kier molecular flexibility index (Phi) is 6.67. The lowest BCUT2D eigenvalue weighted by atomic mass is 10.2. The van der Waals surface area contributed by atoms with Crippen LogP contribution >= 0.6 is 11.6 Å². The van der Waals surface area contributed by atoms with E-state index >= 15 is 0 Å². The molecular weight excluding hydrogens is 271 g/mol. The van der Waals surface area contributed by atoms with Crippen LogP contribution in [-0.2, 0) is 4.84 Å². The smallest absolute Gasteiger partial charge is 0.251 e. The number of nitrogens with zero attached hydrogens (tertiary/aromatic N) is 2. The van der Waals surface area contributed by atoms with Gasteiger partial charge in [-0.15, -0.1) is 0 Å². The molecule has 1 rings (SSSR count). The van der Waals surface area contributed by atoms with Crippen LogP contribution in [0.2, 0.25) is 5.02 Å². The molecular formula is C12H16ClFN4O. The van der Waals surface area contributed by atoms with E-state index < -0.39 is 5.82 Å². The van der Waals surface area contributed by atoms with Crippen molar-refractivity contribution in [2.75, 3.05) is 6.61 Å². The number of halogens is 2. The lowest BCUT2D eigenvalue weighted by Gasteiger charge is -2.01. The maximum atomic E-state index is 13.4. The summed E-state index contributed by atoms with van der Waals surface area (Å²) >= 11 is 5.82. The van der Waals surface area contributed by atoms with Crippen LogP contribution in [0.4, 0.5) is 4.39 Å². The molecule has 0 saturated heterocycles. The average molecular weight is 287 g/mol. The van der Waals surface area contributed by atoms with Gasteiger partial charge in [-0.1, -0.05) is 31.0 Å². The van der Waals surface area contributed by atoms with Gasteiger partial charge in [-0.3, -0.25) is 0 Å². The zero-order valence-electron chi connectivity index (χ0n) is 10.6. The van der Waals surface area contributed by atoms with E-state index in [4.69, 9.17) is 22.2 Å². The summed E-state index contributed by atoms with van der Waals surface area (Å²) in [6.45, 7) is 2.53. The molecule has 104 valence electrons. The number of guanidine groups is 1. The molecule has 0 atom stereocenters. The predicted molar refractivity (Wildman–Crippen MR) is 74.6 cm³/mol. The van der Waals surface area contributed by atoms with Crippen LogP contribution < -0.4 is 11.2 Å². The molecule has 5 nitrogen and oxygen atoms in total. The van der Waals surface area contributed by atoms with Gasteiger partial charge in [-0.05, 0) is 23.7 Å². The van der Waals surface area contributed by atoms with E-state index in [-0.39, 0.29) is 16.5 Å². The number of rotatable bonds is 6. The van der Waals surface area contributed by atoms with Crippen molar-refractivity contribution in [3.63, 3.8) is 0 Å². The van der Waals surface area contributed by atoms with E-state index in [0.717, 1.165) is 12.8 Å². The average Bonchev–Trinajstić information content (AvgIpc) is 2.38. The van der Waals surface area contributed by atoms with Crippen LogP contribution in [0.5, 0.6) is 0 Å². The first-order chi connectivity index (χ1) is 9.15. The Balaban J connectivity index is 2.49. The zero-order chi connectivity index (χ0) is 14.1. The Morgan fingerprint density at radius 3 is 3.05 bits per heavy atom. The molecule has 0 unspecified atom stereocenters. The van der Waals surface area contributed by atoms with E-state index in [9.17, 15) is 4.39 Å². The van der Waals surface area contributed by atoms with Crippen LogP contribution in [0.25, 0.3) is 0 Å². The molecule has 0 spiro atoms. The second-order valence-corrected chi connectivity index (χ2v) is 4.08. The molecule has 7 heteroatoms. The highest BCUT2D eigenvalue weighted by atomic mass is 35.5. The second kappa shape index (κ2) is 8.31. The number of hydrazone groups is 1. The van der Waals surface area contributed by atoms with Crippen molar-refractivity contribution in [1.29, 1.82) is 0 Å². The van der Waals surface area contributed by atoms with Gasteiger partial charge in [0.2, 0.25) is 0 Å². The monoisotopic (exact) mass is 286 g/mol. The molecule has 0 bridgehead atoms. The number of unbranched alkanes of at least 4 members (excludes halogenated alkanes) is 1. The van der Waals surface area contributed by atoms with Gasteiger partial charge >= 0.3 is 0 Å². The van der Waals surface area contributed by atoms with Crippen molar-refractivity contribution in [1.82, 2.24) is 5.43 Å². The van der Waals surface area contributed by atoms with Crippen molar-refractivity contribution in [3.05, 3.63) is 34.6 Å². The fraction of sp³-hybridized carbons (Fsp3) is 0.333. The Hall–Kier alpha value is -1.82. The summed E-state index contributed by atoms with van der Waals surface area (Å²) < 4.78 is 13.4. The summed E-state index contributed by atoms with van der Waals surface area (Å²) in [5, 5.41) is 7.57. The first-order valence-corrected chi connectivity index (χ1v) is 6.21.